The molecule has 0 aliphatic heterocycles. The summed E-state index contributed by atoms with van der Waals surface area (Å²) in [6, 6.07) is 13.3. The minimum absolute atomic E-state index is 0.0917. The molecule has 0 bridgehead atoms. The molecule has 0 atom stereocenters. The average Bonchev–Trinajstić information content (AvgIpc) is 3.06. The molecule has 138 valence electrons. The van der Waals surface area contributed by atoms with Gasteiger partial charge in [0.05, 0.1) is 0 Å². The molecule has 2 aromatic carbocycles. The minimum atomic E-state index is -1.07. The first-order valence-corrected chi connectivity index (χ1v) is 8.81. The van der Waals surface area contributed by atoms with Gasteiger partial charge in [0.25, 0.3) is 0 Å². The van der Waals surface area contributed by atoms with Gasteiger partial charge in [-0.1, -0.05) is 30.3 Å². The van der Waals surface area contributed by atoms with Gasteiger partial charge in [0.15, 0.2) is 0 Å². The minimum Gasteiger partial charge on any atom is -0.489 e. The van der Waals surface area contributed by atoms with Gasteiger partial charge in [0.2, 0.25) is 5.16 Å². The number of hydrogen-bond donors (Lipinski definition) is 2. The fraction of sp³-hybridized carbons (Fsp3) is 0.105. The number of carbonyl (C=O) groups is 1. The highest BCUT2D eigenvalue weighted by Gasteiger charge is 2.13. The largest absolute Gasteiger partial charge is 0.489 e. The Hall–Kier alpha value is -3.13. The molecular formula is C19H16FN3O3S. The number of nitrogens with one attached hydrogen (secondary N) is 1. The van der Waals surface area contributed by atoms with Crippen LogP contribution in [-0.2, 0) is 11.4 Å². The zero-order valence-electron chi connectivity index (χ0n) is 14.3. The second-order valence-corrected chi connectivity index (χ2v) is 6.58. The lowest BCUT2D eigenvalue weighted by Gasteiger charge is -2.07. The first-order chi connectivity index (χ1) is 13.0. The van der Waals surface area contributed by atoms with Gasteiger partial charge in [-0.2, -0.15) is 0 Å². The Morgan fingerprint density at radius 1 is 1.26 bits per heavy atom. The normalized spacial score (nSPS) is 11.4. The molecule has 3 aromatic rings. The van der Waals surface area contributed by atoms with E-state index in [1.54, 1.807) is 49.4 Å². The predicted octanol–water partition coefficient (Wildman–Crippen LogP) is 4.05. The zero-order valence-corrected chi connectivity index (χ0v) is 15.2. The maximum absolute atomic E-state index is 13.6. The summed E-state index contributed by atoms with van der Waals surface area (Å²) in [5, 5.41) is 16.3. The van der Waals surface area contributed by atoms with Crippen molar-refractivity contribution in [3.8, 4) is 5.75 Å². The summed E-state index contributed by atoms with van der Waals surface area (Å²) >= 11 is 0.961. The van der Waals surface area contributed by atoms with E-state index in [1.165, 1.54) is 12.1 Å². The van der Waals surface area contributed by atoms with E-state index in [0.29, 0.717) is 27.9 Å². The molecule has 0 fully saturated rings. The van der Waals surface area contributed by atoms with Crippen molar-refractivity contribution < 1.29 is 19.0 Å². The standard InChI is InChI=1S/C19H16FN3O3S/c1-12-21-19(23-22-12)27-17(18(24)25)10-13-6-8-15(9-7-13)26-11-14-4-2-3-5-16(14)20/h2-10H,11H2,1H3,(H,24,25)(H,21,22,23)/b17-10-. The number of aliphatic carboxylic acids is 1. The van der Waals surface area contributed by atoms with Crippen LogP contribution in [0.25, 0.3) is 6.08 Å². The highest BCUT2D eigenvalue weighted by atomic mass is 32.2. The number of rotatable bonds is 7. The molecule has 0 aliphatic rings. The van der Waals surface area contributed by atoms with E-state index >= 15 is 0 Å². The Morgan fingerprint density at radius 2 is 2.00 bits per heavy atom. The third-order valence-electron chi connectivity index (χ3n) is 3.52. The lowest BCUT2D eigenvalue weighted by molar-refractivity contribution is -0.131. The summed E-state index contributed by atoms with van der Waals surface area (Å²) in [4.78, 5) is 15.6. The van der Waals surface area contributed by atoms with Crippen LogP contribution in [0.4, 0.5) is 4.39 Å². The van der Waals surface area contributed by atoms with Crippen LogP contribution in [0.1, 0.15) is 17.0 Å². The first-order valence-electron chi connectivity index (χ1n) is 7.99. The van der Waals surface area contributed by atoms with E-state index in [2.05, 4.69) is 15.2 Å². The second kappa shape index (κ2) is 8.50. The Morgan fingerprint density at radius 3 is 2.63 bits per heavy atom. The number of carboxylic acid groups (broad SMARTS) is 1. The van der Waals surface area contributed by atoms with E-state index in [4.69, 9.17) is 4.74 Å². The number of aromatic amines is 1. The summed E-state index contributed by atoms with van der Waals surface area (Å²) in [5.74, 6) is -0.215. The summed E-state index contributed by atoms with van der Waals surface area (Å²) in [5.41, 5.74) is 1.15. The molecule has 1 aromatic heterocycles. The molecule has 1 heterocycles. The first kappa shape index (κ1) is 18.7. The Balaban J connectivity index is 1.68. The highest BCUT2D eigenvalue weighted by molar-refractivity contribution is 8.04. The van der Waals surface area contributed by atoms with Crippen LogP contribution in [-0.4, -0.2) is 26.3 Å². The molecule has 3 rings (SSSR count). The van der Waals surface area contributed by atoms with Crippen LogP contribution in [0, 0.1) is 12.7 Å². The Kier molecular flexibility index (Phi) is 5.87. The molecule has 0 radical (unpaired) electrons. The number of carboxylic acids is 1. The van der Waals surface area contributed by atoms with Crippen molar-refractivity contribution >= 4 is 23.8 Å². The summed E-state index contributed by atoms with van der Waals surface area (Å²) < 4.78 is 19.2. The van der Waals surface area contributed by atoms with E-state index < -0.39 is 5.97 Å². The quantitative estimate of drug-likeness (QED) is 0.471. The van der Waals surface area contributed by atoms with Gasteiger partial charge >= 0.3 is 5.97 Å². The number of thioether (sulfide) groups is 1. The van der Waals surface area contributed by atoms with Crippen molar-refractivity contribution in [1.29, 1.82) is 0 Å². The van der Waals surface area contributed by atoms with Crippen LogP contribution >= 0.6 is 11.8 Å². The smallest absolute Gasteiger partial charge is 0.342 e. The average molecular weight is 385 g/mol. The van der Waals surface area contributed by atoms with Crippen molar-refractivity contribution in [1.82, 2.24) is 15.2 Å². The summed E-state index contributed by atoms with van der Waals surface area (Å²) in [6.45, 7) is 1.85. The number of nitrogens with zero attached hydrogens (tertiary/aromatic N) is 2. The number of aromatic nitrogens is 3. The Labute approximate surface area is 159 Å². The molecule has 0 aliphatic carbocycles. The highest BCUT2D eigenvalue weighted by Crippen LogP contribution is 2.26. The maximum Gasteiger partial charge on any atom is 0.342 e. The molecule has 2 N–H and O–H groups in total. The third-order valence-corrected chi connectivity index (χ3v) is 4.40. The molecular weight excluding hydrogens is 369 g/mol. The second-order valence-electron chi connectivity index (χ2n) is 5.57. The van der Waals surface area contributed by atoms with Crippen molar-refractivity contribution in [2.24, 2.45) is 0 Å². The molecule has 27 heavy (non-hydrogen) atoms. The lowest BCUT2D eigenvalue weighted by Crippen LogP contribution is -1.98. The molecule has 8 heteroatoms. The lowest BCUT2D eigenvalue weighted by atomic mass is 10.2. The van der Waals surface area contributed by atoms with Gasteiger partial charge < -0.3 is 9.84 Å². The van der Waals surface area contributed by atoms with Crippen LogP contribution in [0.3, 0.4) is 0 Å². The van der Waals surface area contributed by atoms with E-state index in [0.717, 1.165) is 11.8 Å². The number of ether oxygens (including phenoxy) is 1. The number of H-pyrrole nitrogens is 1. The van der Waals surface area contributed by atoms with Crippen LogP contribution < -0.4 is 4.74 Å². The van der Waals surface area contributed by atoms with Gasteiger partial charge in [-0.15, -0.1) is 5.10 Å². The van der Waals surface area contributed by atoms with Gasteiger partial charge in [-0.05, 0) is 48.5 Å². The molecule has 0 saturated carbocycles. The molecule has 0 spiro atoms. The van der Waals surface area contributed by atoms with Crippen molar-refractivity contribution in [2.45, 2.75) is 18.7 Å². The third kappa shape index (κ3) is 5.18. The van der Waals surface area contributed by atoms with Crippen molar-refractivity contribution in [3.05, 3.63) is 76.2 Å². The fourth-order valence-electron chi connectivity index (χ4n) is 2.19. The molecule has 0 saturated heterocycles. The zero-order chi connectivity index (χ0) is 19.2. The number of hydrogen-bond acceptors (Lipinski definition) is 5. The topological polar surface area (TPSA) is 88.1 Å². The fourth-order valence-corrected chi connectivity index (χ4v) is 2.94. The van der Waals surface area contributed by atoms with Gasteiger partial charge in [0, 0.05) is 5.56 Å². The maximum atomic E-state index is 13.6. The molecule has 0 unspecified atom stereocenters. The number of benzene rings is 2. The van der Waals surface area contributed by atoms with Gasteiger partial charge in [-0.3, -0.25) is 5.10 Å². The van der Waals surface area contributed by atoms with Crippen molar-refractivity contribution in [3.63, 3.8) is 0 Å². The van der Waals surface area contributed by atoms with E-state index in [-0.39, 0.29) is 17.3 Å². The summed E-state index contributed by atoms with van der Waals surface area (Å²) in [7, 11) is 0. The van der Waals surface area contributed by atoms with Gasteiger partial charge in [-0.25, -0.2) is 14.2 Å². The Bertz CT molecular complexity index is 970. The monoisotopic (exact) mass is 385 g/mol. The summed E-state index contributed by atoms with van der Waals surface area (Å²) in [6.07, 6.45) is 1.53. The predicted molar refractivity (Wildman–Crippen MR) is 99.8 cm³/mol. The number of aryl methyl sites for hydroxylation is 1. The van der Waals surface area contributed by atoms with Gasteiger partial charge in [0.1, 0.15) is 28.9 Å². The molecule has 0 amide bonds. The van der Waals surface area contributed by atoms with Crippen LogP contribution in [0.2, 0.25) is 0 Å². The SMILES string of the molecule is Cc1nc(S/C(=C\c2ccc(OCc3ccccc3F)cc2)C(=O)O)n[nH]1. The van der Waals surface area contributed by atoms with Crippen molar-refractivity contribution in [2.75, 3.05) is 0 Å². The van der Waals surface area contributed by atoms with E-state index in [1.807, 2.05) is 0 Å². The van der Waals surface area contributed by atoms with Crippen LogP contribution in [0.5, 0.6) is 5.75 Å². The number of halogens is 1. The van der Waals surface area contributed by atoms with E-state index in [9.17, 15) is 14.3 Å². The van der Waals surface area contributed by atoms with Crippen LogP contribution in [0.15, 0.2) is 58.6 Å². The molecule has 6 nitrogen and oxygen atoms in total.